The van der Waals surface area contributed by atoms with Crippen molar-refractivity contribution in [2.45, 2.75) is 10.8 Å². The molecule has 15 rings (SSSR count). The predicted molar refractivity (Wildman–Crippen MR) is 288 cm³/mol. The molecule has 0 saturated carbocycles. The molecule has 70 heavy (non-hydrogen) atoms. The Morgan fingerprint density at radius 3 is 1.23 bits per heavy atom. The third-order valence-electron chi connectivity index (χ3n) is 15.9. The molecule has 0 saturated heterocycles. The van der Waals surface area contributed by atoms with Gasteiger partial charge in [-0.25, -0.2) is 0 Å². The van der Waals surface area contributed by atoms with Crippen molar-refractivity contribution in [2.75, 3.05) is 9.80 Å². The fourth-order valence-electron chi connectivity index (χ4n) is 13.3. The maximum Gasteiger partial charge on any atom is 0.0754 e. The molecule has 3 aliphatic carbocycles. The summed E-state index contributed by atoms with van der Waals surface area (Å²) in [5.74, 6) is 0. The zero-order valence-corrected chi connectivity index (χ0v) is 38.3. The van der Waals surface area contributed by atoms with E-state index in [0.29, 0.717) is 0 Å². The highest BCUT2D eigenvalue weighted by atomic mass is 15.2. The third-order valence-corrected chi connectivity index (χ3v) is 15.9. The SMILES string of the molecule is c1ccc(N(c2ccc3c(c2)C2(c4ccccc4-c4ccccc42)c2ccccc2-3)c2ccccc2-c2ccc3c(c2)C2(c4ccccc4-c4ccccc42)c2ccccc2N3c2ccccc2)cc1. The number of benzene rings is 11. The maximum absolute atomic E-state index is 2.52. The van der Waals surface area contributed by atoms with Crippen molar-refractivity contribution in [3.05, 3.63) is 311 Å². The number of rotatable bonds is 5. The smallest absolute Gasteiger partial charge is 0.0754 e. The summed E-state index contributed by atoms with van der Waals surface area (Å²) in [7, 11) is 0. The first-order valence-corrected chi connectivity index (χ1v) is 24.4. The van der Waals surface area contributed by atoms with Crippen LogP contribution in [0.15, 0.2) is 267 Å². The lowest BCUT2D eigenvalue weighted by molar-refractivity contribution is 0.753. The van der Waals surface area contributed by atoms with E-state index in [1.807, 2.05) is 0 Å². The predicted octanol–water partition coefficient (Wildman–Crippen LogP) is 17.3. The molecule has 0 fully saturated rings. The van der Waals surface area contributed by atoms with E-state index in [9.17, 15) is 0 Å². The van der Waals surface area contributed by atoms with Crippen LogP contribution < -0.4 is 9.80 Å². The van der Waals surface area contributed by atoms with Crippen molar-refractivity contribution in [1.82, 2.24) is 0 Å². The average Bonchev–Trinajstić information content (AvgIpc) is 4.02. The van der Waals surface area contributed by atoms with E-state index in [4.69, 9.17) is 0 Å². The summed E-state index contributed by atoms with van der Waals surface area (Å²) < 4.78 is 0. The van der Waals surface area contributed by atoms with E-state index >= 15 is 0 Å². The first-order valence-electron chi connectivity index (χ1n) is 24.4. The van der Waals surface area contributed by atoms with Crippen LogP contribution in [0.25, 0.3) is 44.5 Å². The third kappa shape index (κ3) is 5.07. The van der Waals surface area contributed by atoms with Gasteiger partial charge in [-0.1, -0.05) is 206 Å². The zero-order chi connectivity index (χ0) is 46.0. The van der Waals surface area contributed by atoms with Gasteiger partial charge in [-0.05, 0) is 144 Å². The van der Waals surface area contributed by atoms with E-state index < -0.39 is 10.8 Å². The Morgan fingerprint density at radius 1 is 0.257 bits per heavy atom. The van der Waals surface area contributed by atoms with Crippen LogP contribution in [0, 0.1) is 0 Å². The summed E-state index contributed by atoms with van der Waals surface area (Å²) in [6.45, 7) is 0. The minimum absolute atomic E-state index is 0.460. The van der Waals surface area contributed by atoms with E-state index in [2.05, 4.69) is 277 Å². The molecule has 0 atom stereocenters. The molecule has 1 heterocycles. The molecule has 0 radical (unpaired) electrons. The van der Waals surface area contributed by atoms with Crippen molar-refractivity contribution in [3.63, 3.8) is 0 Å². The Bertz CT molecular complexity index is 3810. The van der Waals surface area contributed by atoms with Crippen LogP contribution in [0.3, 0.4) is 0 Å². The van der Waals surface area contributed by atoms with Gasteiger partial charge in [0.1, 0.15) is 0 Å². The van der Waals surface area contributed by atoms with Gasteiger partial charge in [0.2, 0.25) is 0 Å². The minimum atomic E-state index is -0.564. The molecule has 326 valence electrons. The lowest BCUT2D eigenvalue weighted by atomic mass is 9.64. The molecule has 11 aromatic rings. The molecule has 2 heteroatoms. The zero-order valence-electron chi connectivity index (χ0n) is 38.3. The minimum Gasteiger partial charge on any atom is -0.310 e. The van der Waals surface area contributed by atoms with Gasteiger partial charge >= 0.3 is 0 Å². The molecule has 0 unspecified atom stereocenters. The summed E-state index contributed by atoms with van der Waals surface area (Å²) in [6.07, 6.45) is 0. The van der Waals surface area contributed by atoms with E-state index in [1.165, 1.54) is 89.3 Å². The fourth-order valence-corrected chi connectivity index (χ4v) is 13.3. The molecule has 11 aromatic carbocycles. The summed E-state index contributed by atoms with van der Waals surface area (Å²) in [6, 6.07) is 99.8. The van der Waals surface area contributed by atoms with Crippen molar-refractivity contribution >= 4 is 34.1 Å². The average molecular weight is 889 g/mol. The first kappa shape index (κ1) is 39.1. The largest absolute Gasteiger partial charge is 0.310 e. The van der Waals surface area contributed by atoms with Crippen LogP contribution >= 0.6 is 0 Å². The Morgan fingerprint density at radius 2 is 0.671 bits per heavy atom. The number of hydrogen-bond acceptors (Lipinski definition) is 2. The lowest BCUT2D eigenvalue weighted by Gasteiger charge is -2.45. The van der Waals surface area contributed by atoms with Gasteiger partial charge in [0.15, 0.2) is 0 Å². The van der Waals surface area contributed by atoms with Crippen LogP contribution in [-0.2, 0) is 10.8 Å². The van der Waals surface area contributed by atoms with Crippen LogP contribution in [0.5, 0.6) is 0 Å². The molecule has 1 aliphatic heterocycles. The molecule has 0 bridgehead atoms. The monoisotopic (exact) mass is 888 g/mol. The number of fused-ring (bicyclic) bond motifs is 19. The molecule has 2 nitrogen and oxygen atoms in total. The van der Waals surface area contributed by atoms with Gasteiger partial charge in [-0.2, -0.15) is 0 Å². The van der Waals surface area contributed by atoms with Crippen molar-refractivity contribution in [3.8, 4) is 44.5 Å². The number of para-hydroxylation sites is 4. The summed E-state index contributed by atoms with van der Waals surface area (Å²) >= 11 is 0. The highest BCUT2D eigenvalue weighted by Gasteiger charge is 2.53. The highest BCUT2D eigenvalue weighted by Crippen LogP contribution is 2.65. The molecule has 0 amide bonds. The lowest BCUT2D eigenvalue weighted by Crippen LogP contribution is -2.36. The van der Waals surface area contributed by atoms with E-state index in [1.54, 1.807) is 0 Å². The van der Waals surface area contributed by atoms with Crippen molar-refractivity contribution in [1.29, 1.82) is 0 Å². The molecular formula is C68H44N2. The second-order valence-electron chi connectivity index (χ2n) is 19.1. The molecular weight excluding hydrogens is 845 g/mol. The Hall–Kier alpha value is -8.98. The fraction of sp³-hybridized carbons (Fsp3) is 0.0294. The summed E-state index contributed by atoms with van der Waals surface area (Å²) in [5, 5.41) is 0. The van der Waals surface area contributed by atoms with Crippen LogP contribution in [0.1, 0.15) is 44.5 Å². The standard InChI is InChI=1S/C68H44N2/c1-3-21-46(22-4-1)69(48-40-41-55-54-30-11-15-33-58(54)67(62(55)44-48)56-31-13-7-26-50(56)51-27-8-14-32-57(51)67)64-37-19-12-25-49(64)45-39-42-66-63(43-45)68(59-34-16-9-28-52(59)53-29-10-17-35-60(53)68)61-36-18-20-38-65(61)70(66)47-23-5-2-6-24-47/h1-44H. The highest BCUT2D eigenvalue weighted by molar-refractivity contribution is 6.00. The topological polar surface area (TPSA) is 6.48 Å². The van der Waals surface area contributed by atoms with E-state index in [0.717, 1.165) is 33.9 Å². The molecule has 0 aromatic heterocycles. The van der Waals surface area contributed by atoms with Crippen LogP contribution in [0.2, 0.25) is 0 Å². The Kier molecular flexibility index (Phi) is 8.24. The maximum atomic E-state index is 2.52. The van der Waals surface area contributed by atoms with Gasteiger partial charge in [-0.15, -0.1) is 0 Å². The van der Waals surface area contributed by atoms with Crippen molar-refractivity contribution < 1.29 is 0 Å². The molecule has 4 aliphatic rings. The molecule has 2 spiro atoms. The second-order valence-corrected chi connectivity index (χ2v) is 19.1. The van der Waals surface area contributed by atoms with Gasteiger partial charge < -0.3 is 9.80 Å². The van der Waals surface area contributed by atoms with Gasteiger partial charge in [0.05, 0.1) is 27.9 Å². The number of nitrogens with zero attached hydrogens (tertiary/aromatic N) is 2. The summed E-state index contributed by atoms with van der Waals surface area (Å²) in [4.78, 5) is 4.96. The van der Waals surface area contributed by atoms with Crippen LogP contribution in [-0.4, -0.2) is 0 Å². The number of anilines is 6. The van der Waals surface area contributed by atoms with E-state index in [-0.39, 0.29) is 0 Å². The van der Waals surface area contributed by atoms with Crippen molar-refractivity contribution in [2.24, 2.45) is 0 Å². The van der Waals surface area contributed by atoms with Gasteiger partial charge in [0, 0.05) is 22.6 Å². The molecule has 0 N–H and O–H groups in total. The quantitative estimate of drug-likeness (QED) is 0.170. The Balaban J connectivity index is 0.980. The van der Waals surface area contributed by atoms with Crippen LogP contribution in [0.4, 0.5) is 34.1 Å². The van der Waals surface area contributed by atoms with Gasteiger partial charge in [-0.3, -0.25) is 0 Å². The summed E-state index contributed by atoms with van der Waals surface area (Å²) in [5.41, 5.74) is 26.4. The Labute approximate surface area is 408 Å². The van der Waals surface area contributed by atoms with Gasteiger partial charge in [0.25, 0.3) is 0 Å². The number of hydrogen-bond donors (Lipinski definition) is 0. The normalized spacial score (nSPS) is 14.2. The second kappa shape index (κ2) is 14.8. The first-order chi connectivity index (χ1) is 34.8.